The minimum absolute atomic E-state index is 0.151. The topological polar surface area (TPSA) is 55.8 Å². The molecule has 0 saturated carbocycles. The van der Waals surface area contributed by atoms with E-state index in [0.29, 0.717) is 13.1 Å². The zero-order valence-electron chi connectivity index (χ0n) is 10.9. The second-order valence-electron chi connectivity index (χ2n) is 5.19. The maximum absolute atomic E-state index is 11.8. The van der Waals surface area contributed by atoms with E-state index in [9.17, 15) is 9.00 Å². The molecule has 0 aromatic heterocycles. The molecule has 1 amide bonds. The van der Waals surface area contributed by atoms with Gasteiger partial charge in [0.15, 0.2) is 11.1 Å². The molecule has 1 aliphatic rings. The summed E-state index contributed by atoms with van der Waals surface area (Å²) < 4.78 is 21.5. The van der Waals surface area contributed by atoms with E-state index >= 15 is 0 Å². The summed E-state index contributed by atoms with van der Waals surface area (Å²) in [5.41, 5.74) is -0.488. The SMILES string of the molecule is CS(=O)OC1CCCN(C(=O)OC(C)(C)C)C1. The molecule has 17 heavy (non-hydrogen) atoms. The van der Waals surface area contributed by atoms with Crippen LogP contribution in [0.25, 0.3) is 0 Å². The molecule has 1 rings (SSSR count). The quantitative estimate of drug-likeness (QED) is 0.761. The number of carbonyl (C=O) groups excluding carboxylic acids is 1. The largest absolute Gasteiger partial charge is 0.444 e. The van der Waals surface area contributed by atoms with Crippen LogP contribution in [0.4, 0.5) is 4.79 Å². The van der Waals surface area contributed by atoms with E-state index in [-0.39, 0.29) is 12.2 Å². The predicted octanol–water partition coefficient (Wildman–Crippen LogP) is 1.70. The van der Waals surface area contributed by atoms with Gasteiger partial charge in [0.05, 0.1) is 12.6 Å². The molecule has 1 saturated heterocycles. The molecule has 0 bridgehead atoms. The lowest BCUT2D eigenvalue weighted by molar-refractivity contribution is 0.00927. The number of likely N-dealkylation sites (tertiary alicyclic amines) is 1. The van der Waals surface area contributed by atoms with Crippen molar-refractivity contribution in [1.82, 2.24) is 4.90 Å². The van der Waals surface area contributed by atoms with Crippen LogP contribution in [0.3, 0.4) is 0 Å². The number of hydrogen-bond acceptors (Lipinski definition) is 4. The smallest absolute Gasteiger partial charge is 0.410 e. The standard InChI is InChI=1S/C11H21NO4S/c1-11(2,3)15-10(13)12-7-5-6-9(8-12)16-17(4)14/h9H,5-8H2,1-4H3. The lowest BCUT2D eigenvalue weighted by Crippen LogP contribution is -2.45. The zero-order valence-corrected chi connectivity index (χ0v) is 11.7. The molecule has 0 spiro atoms. The first-order chi connectivity index (χ1) is 7.78. The van der Waals surface area contributed by atoms with Crippen LogP contribution in [0.2, 0.25) is 0 Å². The molecular weight excluding hydrogens is 242 g/mol. The molecular formula is C11H21NO4S. The van der Waals surface area contributed by atoms with Crippen molar-refractivity contribution in [2.45, 2.75) is 45.3 Å². The third-order valence-electron chi connectivity index (χ3n) is 2.30. The maximum Gasteiger partial charge on any atom is 0.410 e. The van der Waals surface area contributed by atoms with Gasteiger partial charge in [-0.2, -0.15) is 0 Å². The van der Waals surface area contributed by atoms with E-state index in [1.807, 2.05) is 20.8 Å². The molecule has 2 unspecified atom stereocenters. The summed E-state index contributed by atoms with van der Waals surface area (Å²) in [7, 11) is 0. The van der Waals surface area contributed by atoms with E-state index < -0.39 is 16.7 Å². The van der Waals surface area contributed by atoms with Crippen molar-refractivity contribution >= 4 is 17.2 Å². The number of piperidine rings is 1. The van der Waals surface area contributed by atoms with Crippen LogP contribution in [0.5, 0.6) is 0 Å². The maximum atomic E-state index is 11.8. The van der Waals surface area contributed by atoms with Crippen molar-refractivity contribution in [1.29, 1.82) is 0 Å². The van der Waals surface area contributed by atoms with Crippen LogP contribution < -0.4 is 0 Å². The normalized spacial score (nSPS) is 23.3. The number of rotatable bonds is 2. The lowest BCUT2D eigenvalue weighted by atomic mass is 10.1. The minimum atomic E-state index is -1.29. The molecule has 1 fully saturated rings. The molecule has 2 atom stereocenters. The molecule has 0 radical (unpaired) electrons. The van der Waals surface area contributed by atoms with Crippen LogP contribution in [0, 0.1) is 0 Å². The Hall–Kier alpha value is -0.620. The van der Waals surface area contributed by atoms with Crippen LogP contribution in [0.1, 0.15) is 33.6 Å². The van der Waals surface area contributed by atoms with Gasteiger partial charge in [0.2, 0.25) is 0 Å². The Morgan fingerprint density at radius 1 is 1.41 bits per heavy atom. The predicted molar refractivity (Wildman–Crippen MR) is 66.0 cm³/mol. The molecule has 1 aliphatic heterocycles. The summed E-state index contributed by atoms with van der Waals surface area (Å²) in [6, 6.07) is 0. The number of carbonyl (C=O) groups is 1. The Morgan fingerprint density at radius 2 is 2.06 bits per heavy atom. The fraction of sp³-hybridized carbons (Fsp3) is 0.909. The highest BCUT2D eigenvalue weighted by Gasteiger charge is 2.28. The summed E-state index contributed by atoms with van der Waals surface area (Å²) in [5.74, 6) is 0. The van der Waals surface area contributed by atoms with Crippen molar-refractivity contribution in [3.8, 4) is 0 Å². The van der Waals surface area contributed by atoms with Gasteiger partial charge in [0, 0.05) is 12.8 Å². The molecule has 100 valence electrons. The summed E-state index contributed by atoms with van der Waals surface area (Å²) >= 11 is -1.29. The second kappa shape index (κ2) is 5.82. The summed E-state index contributed by atoms with van der Waals surface area (Å²) in [5, 5.41) is 0. The first-order valence-electron chi connectivity index (χ1n) is 5.76. The minimum Gasteiger partial charge on any atom is -0.444 e. The number of nitrogens with zero attached hydrogens (tertiary/aromatic N) is 1. The Morgan fingerprint density at radius 3 is 2.59 bits per heavy atom. The first kappa shape index (κ1) is 14.4. The van der Waals surface area contributed by atoms with E-state index in [4.69, 9.17) is 8.92 Å². The van der Waals surface area contributed by atoms with Gasteiger partial charge in [-0.15, -0.1) is 0 Å². The van der Waals surface area contributed by atoms with Gasteiger partial charge in [0.25, 0.3) is 0 Å². The van der Waals surface area contributed by atoms with Crippen molar-refractivity contribution in [3.05, 3.63) is 0 Å². The molecule has 0 N–H and O–H groups in total. The van der Waals surface area contributed by atoms with Crippen LogP contribution in [0.15, 0.2) is 0 Å². The third kappa shape index (κ3) is 5.50. The zero-order chi connectivity index (χ0) is 13.1. The number of ether oxygens (including phenoxy) is 1. The monoisotopic (exact) mass is 263 g/mol. The summed E-state index contributed by atoms with van der Waals surface area (Å²) in [6.45, 7) is 6.64. The Kier molecular flexibility index (Phi) is 4.94. The van der Waals surface area contributed by atoms with Gasteiger partial charge in [-0.3, -0.25) is 4.18 Å². The van der Waals surface area contributed by atoms with Crippen molar-refractivity contribution in [2.75, 3.05) is 19.3 Å². The number of amides is 1. The average Bonchev–Trinajstić information content (AvgIpc) is 2.14. The molecule has 0 aromatic rings. The van der Waals surface area contributed by atoms with Crippen molar-refractivity contribution in [3.63, 3.8) is 0 Å². The van der Waals surface area contributed by atoms with Crippen LogP contribution in [-0.2, 0) is 20.0 Å². The fourth-order valence-corrected chi connectivity index (χ4v) is 2.24. The van der Waals surface area contributed by atoms with Crippen LogP contribution >= 0.6 is 0 Å². The fourth-order valence-electron chi connectivity index (χ4n) is 1.70. The molecule has 1 heterocycles. The summed E-state index contributed by atoms with van der Waals surface area (Å²) in [4.78, 5) is 13.4. The molecule has 0 aliphatic carbocycles. The van der Waals surface area contributed by atoms with Gasteiger partial charge in [-0.1, -0.05) is 0 Å². The van der Waals surface area contributed by atoms with Gasteiger partial charge in [-0.25, -0.2) is 9.00 Å². The third-order valence-corrected chi connectivity index (χ3v) is 2.84. The van der Waals surface area contributed by atoms with E-state index in [0.717, 1.165) is 12.8 Å². The van der Waals surface area contributed by atoms with Crippen molar-refractivity contribution < 1.29 is 17.9 Å². The molecule has 5 nitrogen and oxygen atoms in total. The Bertz CT molecular complexity index is 300. The van der Waals surface area contributed by atoms with Crippen LogP contribution in [-0.4, -0.2) is 46.3 Å². The van der Waals surface area contributed by atoms with Gasteiger partial charge >= 0.3 is 6.09 Å². The summed E-state index contributed by atoms with van der Waals surface area (Å²) in [6.07, 6.45) is 2.70. The molecule has 6 heteroatoms. The van der Waals surface area contributed by atoms with E-state index in [1.54, 1.807) is 4.90 Å². The van der Waals surface area contributed by atoms with E-state index in [2.05, 4.69) is 0 Å². The lowest BCUT2D eigenvalue weighted by Gasteiger charge is -2.33. The Labute approximate surface area is 105 Å². The van der Waals surface area contributed by atoms with Gasteiger partial charge < -0.3 is 9.64 Å². The van der Waals surface area contributed by atoms with Gasteiger partial charge in [0.1, 0.15) is 5.60 Å². The van der Waals surface area contributed by atoms with Crippen molar-refractivity contribution in [2.24, 2.45) is 0 Å². The highest BCUT2D eigenvalue weighted by atomic mass is 32.2. The second-order valence-corrected chi connectivity index (χ2v) is 6.18. The highest BCUT2D eigenvalue weighted by Crippen LogP contribution is 2.17. The number of hydrogen-bond donors (Lipinski definition) is 0. The Balaban J connectivity index is 2.49. The van der Waals surface area contributed by atoms with E-state index in [1.165, 1.54) is 6.26 Å². The highest BCUT2D eigenvalue weighted by molar-refractivity contribution is 7.79. The first-order valence-corrected chi connectivity index (χ1v) is 7.25. The molecule has 0 aromatic carbocycles. The average molecular weight is 263 g/mol. The van der Waals surface area contributed by atoms with Gasteiger partial charge in [-0.05, 0) is 33.6 Å².